The van der Waals surface area contributed by atoms with E-state index in [0.717, 1.165) is 11.3 Å². The maximum Gasteiger partial charge on any atom is 0.653 e. The lowest BCUT2D eigenvalue weighted by atomic mass is 9.98. The van der Waals surface area contributed by atoms with Crippen molar-refractivity contribution in [3.63, 3.8) is 0 Å². The molecule has 1 aromatic carbocycles. The van der Waals surface area contributed by atoms with E-state index in [9.17, 15) is 14.5 Å². The van der Waals surface area contributed by atoms with Crippen molar-refractivity contribution in [1.29, 1.82) is 0 Å². The molecule has 0 radical (unpaired) electrons. The van der Waals surface area contributed by atoms with Crippen LogP contribution in [-0.4, -0.2) is 85.7 Å². The maximum absolute atomic E-state index is 16.1. The number of hydrogen-bond acceptors (Lipinski definition) is 12. The molecule has 1 aliphatic heterocycles. The lowest BCUT2D eigenvalue weighted by Gasteiger charge is -2.24. The average molecular weight is 623 g/mol. The minimum Gasteiger partial charge on any atom is -0.462 e. The molecule has 0 amide bonds. The van der Waals surface area contributed by atoms with Crippen molar-refractivity contribution in [2.24, 2.45) is 0 Å². The van der Waals surface area contributed by atoms with Crippen LogP contribution in [0.25, 0.3) is 11.2 Å². The van der Waals surface area contributed by atoms with Crippen LogP contribution in [0.1, 0.15) is 47.3 Å². The van der Waals surface area contributed by atoms with Gasteiger partial charge in [0.1, 0.15) is 23.6 Å². The van der Waals surface area contributed by atoms with E-state index in [4.69, 9.17) is 24.6 Å². The van der Waals surface area contributed by atoms with Crippen LogP contribution in [0.3, 0.4) is 0 Å². The minimum atomic E-state index is -2.85. The predicted molar refractivity (Wildman–Crippen MR) is 156 cm³/mol. The van der Waals surface area contributed by atoms with Gasteiger partial charge in [-0.2, -0.15) is 9.97 Å². The van der Waals surface area contributed by atoms with Gasteiger partial charge in [-0.05, 0) is 50.8 Å². The average Bonchev–Trinajstić information content (AvgIpc) is 3.47. The summed E-state index contributed by atoms with van der Waals surface area (Å²) in [4.78, 5) is 34.0. The monoisotopic (exact) mass is 622 g/mol. The first-order valence-electron chi connectivity index (χ1n) is 13.9. The molecule has 0 spiro atoms. The number of alkyl halides is 1. The first-order valence-corrected chi connectivity index (χ1v) is 15.0. The molecule has 234 valence electrons. The van der Waals surface area contributed by atoms with Crippen LogP contribution in [0.5, 0.6) is 5.75 Å². The van der Waals surface area contributed by atoms with E-state index in [1.165, 1.54) is 24.7 Å². The molecule has 2 unspecified atom stereocenters. The van der Waals surface area contributed by atoms with Gasteiger partial charge in [0.05, 0.1) is 12.4 Å². The molecule has 4 rings (SSSR count). The first kappa shape index (κ1) is 32.4. The molecule has 16 heteroatoms. The van der Waals surface area contributed by atoms with Crippen LogP contribution in [-0.2, 0) is 23.4 Å². The number of nitrogens with zero attached hydrogens (tertiary/aromatic N) is 6. The second-order valence-electron chi connectivity index (χ2n) is 10.7. The number of benzene rings is 1. The number of anilines is 2. The Morgan fingerprint density at radius 2 is 1.98 bits per heavy atom. The summed E-state index contributed by atoms with van der Waals surface area (Å²) in [7, 11) is -1.02. The number of imidazole rings is 1. The quantitative estimate of drug-likeness (QED) is 0.161. The minimum absolute atomic E-state index is 0.0354. The summed E-state index contributed by atoms with van der Waals surface area (Å²) < 4.78 is 47.4. The van der Waals surface area contributed by atoms with Crippen LogP contribution in [0.2, 0.25) is 0 Å². The highest BCUT2D eigenvalue weighted by Crippen LogP contribution is 2.44. The van der Waals surface area contributed by atoms with Crippen LogP contribution in [0.15, 0.2) is 36.7 Å². The number of hydroxylamine groups is 1. The zero-order valence-electron chi connectivity index (χ0n) is 25.0. The Balaban J connectivity index is 1.54. The van der Waals surface area contributed by atoms with Crippen LogP contribution in [0, 0.1) is 0 Å². The van der Waals surface area contributed by atoms with Crippen molar-refractivity contribution in [2.45, 2.75) is 77.3 Å². The fourth-order valence-corrected chi connectivity index (χ4v) is 5.53. The normalized spacial score (nSPS) is 23.1. The van der Waals surface area contributed by atoms with E-state index >= 15 is 4.39 Å². The number of aliphatic hydroxyl groups excluding tert-OH is 1. The SMILES string of the molecule is CCCN(C)c1nc(N)nc2c1ncn2[C@@H]1OC(CO[P+](=O)N(Oc2ccccc2)[C@@H](C)C(=O)OC(C)C)[C@@H](O)[C@@]1(C)F. The summed E-state index contributed by atoms with van der Waals surface area (Å²) in [6.07, 6.45) is -2.55. The third-order valence-corrected chi connectivity index (χ3v) is 7.91. The number of ether oxygens (including phenoxy) is 2. The van der Waals surface area contributed by atoms with Gasteiger partial charge in [0, 0.05) is 13.6 Å². The summed E-state index contributed by atoms with van der Waals surface area (Å²) >= 11 is 0. The zero-order chi connectivity index (χ0) is 31.5. The summed E-state index contributed by atoms with van der Waals surface area (Å²) in [5.74, 6) is 0.0440. The molecule has 6 atom stereocenters. The van der Waals surface area contributed by atoms with Gasteiger partial charge in [0.25, 0.3) is 0 Å². The Kier molecular flexibility index (Phi) is 10.1. The molecule has 2 aromatic heterocycles. The molecule has 3 N–H and O–H groups in total. The molecule has 1 aliphatic rings. The third kappa shape index (κ3) is 7.02. The molecule has 1 fully saturated rings. The number of nitrogens with two attached hydrogens (primary N) is 1. The standard InChI is InChI=1S/C27H38FN7O7P/c1-7-13-33(6)22-20-23(32-26(29)31-22)34(15-30-20)25-27(5,28)21(36)19(41-25)14-39-43(38)35(17(4)24(37)40-16(2)3)42-18-11-9-8-10-12-18/h8-12,15-17,19,21,25,36H,7,13-14H2,1-6H3,(H2,29,31,32)/q+1/t17-,19?,21+,25+,27+/m0/s1. The number of carbonyl (C=O) groups excluding carboxylic acids is 1. The van der Waals surface area contributed by atoms with Gasteiger partial charge in [-0.15, -0.1) is 4.52 Å². The number of esters is 1. The van der Waals surface area contributed by atoms with Gasteiger partial charge in [-0.3, -0.25) is 9.36 Å². The molecule has 14 nitrogen and oxygen atoms in total. The smallest absolute Gasteiger partial charge is 0.462 e. The second-order valence-corrected chi connectivity index (χ2v) is 11.8. The zero-order valence-corrected chi connectivity index (χ0v) is 25.8. The predicted octanol–water partition coefficient (Wildman–Crippen LogP) is 3.55. The molecular formula is C27H38FN7O7P+. The molecule has 0 saturated carbocycles. The van der Waals surface area contributed by atoms with Crippen LogP contribution < -0.4 is 15.5 Å². The Bertz CT molecular complexity index is 1430. The van der Waals surface area contributed by atoms with Gasteiger partial charge >= 0.3 is 14.1 Å². The summed E-state index contributed by atoms with van der Waals surface area (Å²) in [5.41, 5.74) is 4.24. The van der Waals surface area contributed by atoms with Crippen molar-refractivity contribution in [2.75, 3.05) is 30.8 Å². The van der Waals surface area contributed by atoms with Gasteiger partial charge in [-0.1, -0.05) is 25.1 Å². The van der Waals surface area contributed by atoms with Crippen molar-refractivity contribution in [3.05, 3.63) is 36.7 Å². The fourth-order valence-electron chi connectivity index (χ4n) is 4.61. The third-order valence-electron chi connectivity index (χ3n) is 6.79. The number of hydrogen-bond donors (Lipinski definition) is 2. The highest BCUT2D eigenvalue weighted by Gasteiger charge is 2.56. The number of aromatic nitrogens is 4. The number of nitrogen functional groups attached to an aromatic ring is 1. The van der Waals surface area contributed by atoms with E-state index in [0.29, 0.717) is 23.6 Å². The molecule has 3 heterocycles. The lowest BCUT2D eigenvalue weighted by molar-refractivity contribution is -0.159. The number of para-hydroxylation sites is 1. The van der Waals surface area contributed by atoms with Gasteiger partial charge in [0.15, 0.2) is 40.7 Å². The molecule has 3 aromatic rings. The summed E-state index contributed by atoms with van der Waals surface area (Å²) in [5, 5.41) is 10.9. The van der Waals surface area contributed by atoms with E-state index < -0.39 is 57.0 Å². The fraction of sp³-hybridized carbons (Fsp3) is 0.556. The Morgan fingerprint density at radius 1 is 1.28 bits per heavy atom. The number of halogens is 1. The van der Waals surface area contributed by atoms with Gasteiger partial charge < -0.3 is 30.1 Å². The largest absolute Gasteiger partial charge is 0.653 e. The number of fused-ring (bicyclic) bond motifs is 1. The number of aliphatic hydroxyl groups is 1. The van der Waals surface area contributed by atoms with Crippen molar-refractivity contribution >= 4 is 37.1 Å². The van der Waals surface area contributed by atoms with E-state index in [1.54, 1.807) is 44.2 Å². The summed E-state index contributed by atoms with van der Waals surface area (Å²) in [6, 6.07) is 7.25. The van der Waals surface area contributed by atoms with E-state index in [1.807, 2.05) is 18.9 Å². The van der Waals surface area contributed by atoms with E-state index in [2.05, 4.69) is 15.0 Å². The maximum atomic E-state index is 16.1. The lowest BCUT2D eigenvalue weighted by Crippen LogP contribution is -2.41. The topological polar surface area (TPSA) is 167 Å². The number of carbonyl (C=O) groups is 1. The first-order chi connectivity index (χ1) is 20.3. The number of rotatable bonds is 13. The molecule has 1 saturated heterocycles. The Labute approximate surface area is 249 Å². The van der Waals surface area contributed by atoms with Crippen molar-refractivity contribution in [1.82, 2.24) is 24.4 Å². The highest BCUT2D eigenvalue weighted by molar-refractivity contribution is 7.36. The molecule has 43 heavy (non-hydrogen) atoms. The van der Waals surface area contributed by atoms with E-state index in [-0.39, 0.29) is 11.6 Å². The second kappa shape index (κ2) is 13.4. The Morgan fingerprint density at radius 3 is 2.63 bits per heavy atom. The Hall–Kier alpha value is -3.49. The van der Waals surface area contributed by atoms with Crippen molar-refractivity contribution < 1.29 is 37.7 Å². The van der Waals surface area contributed by atoms with Gasteiger partial charge in [-0.25, -0.2) is 9.37 Å². The summed E-state index contributed by atoms with van der Waals surface area (Å²) in [6.45, 7) is 8.18. The molecular weight excluding hydrogens is 584 g/mol. The molecule has 0 aliphatic carbocycles. The van der Waals surface area contributed by atoms with Crippen LogP contribution in [0.4, 0.5) is 16.2 Å². The van der Waals surface area contributed by atoms with Crippen molar-refractivity contribution in [3.8, 4) is 5.75 Å². The highest BCUT2D eigenvalue weighted by atomic mass is 31.1. The van der Waals surface area contributed by atoms with Gasteiger partial charge in [0.2, 0.25) is 5.95 Å². The molecule has 0 bridgehead atoms. The van der Waals surface area contributed by atoms with Crippen LogP contribution >= 0.6 is 8.18 Å².